The molecule has 5 heterocycles. The number of fused-ring (bicyclic) bond motifs is 3. The van der Waals surface area contributed by atoms with Crippen LogP contribution < -0.4 is 9.64 Å². The number of aliphatic hydroxyl groups is 2. The number of benzene rings is 2. The van der Waals surface area contributed by atoms with Crippen LogP contribution in [0.15, 0.2) is 30.5 Å². The lowest BCUT2D eigenvalue weighted by Crippen LogP contribution is -2.60. The predicted octanol–water partition coefficient (Wildman–Crippen LogP) is 6.95. The molecule has 0 radical (unpaired) electrons. The van der Waals surface area contributed by atoms with Gasteiger partial charge in [0, 0.05) is 42.4 Å². The zero-order valence-electron chi connectivity index (χ0n) is 33.7. The van der Waals surface area contributed by atoms with Gasteiger partial charge in [0.2, 0.25) is 0 Å². The number of hydrogen-bond donors (Lipinski definition) is 3. The number of anilines is 1. The fraction of sp³-hybridized carbons (Fsp3) is 0.614. The van der Waals surface area contributed by atoms with Gasteiger partial charge in [0.15, 0.2) is 5.82 Å². The molecule has 0 bridgehead atoms. The largest absolute Gasteiger partial charge is 0.508 e. The highest BCUT2D eigenvalue weighted by Crippen LogP contribution is 2.55. The van der Waals surface area contributed by atoms with E-state index in [0.29, 0.717) is 52.7 Å². The highest BCUT2D eigenvalue weighted by atomic mass is 19.1. The van der Waals surface area contributed by atoms with Crippen LogP contribution in [0.5, 0.6) is 11.8 Å². The molecule has 4 atom stereocenters. The van der Waals surface area contributed by atoms with E-state index in [1.165, 1.54) is 37.2 Å². The maximum absolute atomic E-state index is 17.2. The Hall–Kier alpha value is -3.75. The van der Waals surface area contributed by atoms with Gasteiger partial charge >= 0.3 is 6.01 Å². The quantitative estimate of drug-likeness (QED) is 0.171. The Labute approximate surface area is 333 Å². The van der Waals surface area contributed by atoms with Gasteiger partial charge in [0.1, 0.15) is 34.2 Å². The summed E-state index contributed by atoms with van der Waals surface area (Å²) < 4.78 is 50.6. The fourth-order valence-corrected chi connectivity index (χ4v) is 10.7. The summed E-state index contributed by atoms with van der Waals surface area (Å²) in [7, 11) is 0. The van der Waals surface area contributed by atoms with Gasteiger partial charge in [-0.05, 0) is 105 Å². The molecule has 3 aliphatic heterocycles. The van der Waals surface area contributed by atoms with E-state index in [-0.39, 0.29) is 65.6 Å². The van der Waals surface area contributed by atoms with Crippen molar-refractivity contribution in [3.05, 3.63) is 47.7 Å². The average molecular weight is 790 g/mol. The lowest BCUT2D eigenvalue weighted by atomic mass is 9.63. The highest BCUT2D eigenvalue weighted by molar-refractivity contribution is 6.01. The molecule has 13 heteroatoms. The zero-order chi connectivity index (χ0) is 40.1. The summed E-state index contributed by atoms with van der Waals surface area (Å²) in [6.45, 7) is 10.7. The second kappa shape index (κ2) is 15.8. The van der Waals surface area contributed by atoms with Crippen LogP contribution in [0.25, 0.3) is 32.9 Å². The third-order valence-corrected chi connectivity index (χ3v) is 13.3. The van der Waals surface area contributed by atoms with E-state index in [2.05, 4.69) is 9.88 Å². The molecule has 5 fully saturated rings. The Morgan fingerprint density at radius 2 is 1.86 bits per heavy atom. The second-order valence-corrected chi connectivity index (χ2v) is 17.2. The molecule has 57 heavy (non-hydrogen) atoms. The molecule has 4 unspecified atom stereocenters. The maximum Gasteiger partial charge on any atom is 0.319 e. The Morgan fingerprint density at radius 1 is 1.05 bits per heavy atom. The van der Waals surface area contributed by atoms with E-state index >= 15 is 8.78 Å². The van der Waals surface area contributed by atoms with Crippen LogP contribution in [0.2, 0.25) is 0 Å². The second-order valence-electron chi connectivity index (χ2n) is 17.2. The van der Waals surface area contributed by atoms with Crippen LogP contribution in [0, 0.1) is 22.5 Å². The highest BCUT2D eigenvalue weighted by Gasteiger charge is 2.55. The van der Waals surface area contributed by atoms with Crippen molar-refractivity contribution in [2.75, 3.05) is 57.6 Å². The zero-order valence-corrected chi connectivity index (χ0v) is 33.7. The third kappa shape index (κ3) is 7.32. The number of pyridine rings is 1. The molecule has 9 rings (SSSR count). The molecule has 0 amide bonds. The van der Waals surface area contributed by atoms with Gasteiger partial charge in [-0.25, -0.2) is 8.78 Å². The smallest absolute Gasteiger partial charge is 0.319 e. The summed E-state index contributed by atoms with van der Waals surface area (Å²) in [5, 5.41) is 33.4. The topological polar surface area (TPSA) is 134 Å². The third-order valence-electron chi connectivity index (χ3n) is 13.3. The first-order chi connectivity index (χ1) is 27.5. The first-order valence-corrected chi connectivity index (χ1v) is 21.0. The Bertz CT molecular complexity index is 2110. The first-order valence-electron chi connectivity index (χ1n) is 21.0. The van der Waals surface area contributed by atoms with Gasteiger partial charge < -0.3 is 34.4 Å². The molecule has 2 aliphatic carbocycles. The van der Waals surface area contributed by atoms with E-state index < -0.39 is 23.3 Å². The fourth-order valence-electron chi connectivity index (χ4n) is 10.7. The van der Waals surface area contributed by atoms with Gasteiger partial charge in [-0.2, -0.15) is 9.97 Å². The number of halogens is 2. The minimum Gasteiger partial charge on any atom is -0.508 e. The lowest BCUT2D eigenvalue weighted by molar-refractivity contribution is -0.0813. The van der Waals surface area contributed by atoms with E-state index in [1.54, 1.807) is 17.9 Å². The molecular weight excluding hydrogens is 733 g/mol. The number of aromatic hydroxyl groups is 1. The monoisotopic (exact) mass is 789 g/mol. The molecule has 2 aromatic heterocycles. The Balaban J connectivity index is 0.00000224. The van der Waals surface area contributed by atoms with Crippen LogP contribution in [0.4, 0.5) is 14.6 Å². The van der Waals surface area contributed by atoms with Gasteiger partial charge in [-0.15, -0.1) is 0 Å². The number of β-amino-alcohol motifs (C(OH)–C–C–N with tert-alkyl or cyclic N) is 1. The van der Waals surface area contributed by atoms with Crippen molar-refractivity contribution in [1.29, 1.82) is 0 Å². The minimum absolute atomic E-state index is 0.00565. The number of aliphatic hydroxyl groups excluding tert-OH is 1. The number of aryl methyl sites for hydroxylation is 1. The van der Waals surface area contributed by atoms with E-state index in [0.717, 1.165) is 58.3 Å². The lowest BCUT2D eigenvalue weighted by Gasteiger charge is -2.56. The summed E-state index contributed by atoms with van der Waals surface area (Å²) >= 11 is 0. The van der Waals surface area contributed by atoms with E-state index in [9.17, 15) is 15.3 Å². The SMILES string of the molecule is CC.CCc1c(F)ccc2cc(O)cc(-c3ncc4c(N5CC(CO)OCC(C)(O)C5)nc(OCC56CCCC5N(C5CC7(CCOC7)C5)CCC6)nc4c3F)c12. The van der Waals surface area contributed by atoms with E-state index in [4.69, 9.17) is 24.2 Å². The maximum atomic E-state index is 17.2. The number of ether oxygens (including phenoxy) is 3. The van der Waals surface area contributed by atoms with Gasteiger partial charge in [0.25, 0.3) is 0 Å². The number of hydrogen-bond acceptors (Lipinski definition) is 11. The normalized spacial score (nSPS) is 30.2. The number of nitrogens with zero attached hydrogens (tertiary/aromatic N) is 5. The number of aromatic nitrogens is 3. The number of phenols is 1. The molecule has 5 aliphatic rings. The summed E-state index contributed by atoms with van der Waals surface area (Å²) in [5.41, 5.74) is -0.543. The molecule has 2 saturated carbocycles. The first kappa shape index (κ1) is 40.0. The van der Waals surface area contributed by atoms with Crippen LogP contribution in [-0.2, 0) is 15.9 Å². The van der Waals surface area contributed by atoms with Crippen LogP contribution in [-0.4, -0.2) is 112 Å². The van der Waals surface area contributed by atoms with Crippen molar-refractivity contribution >= 4 is 27.5 Å². The molecule has 1 spiro atoms. The molecular formula is C44H57F2N5O6. The summed E-state index contributed by atoms with van der Waals surface area (Å²) in [4.78, 5) is 18.7. The Morgan fingerprint density at radius 3 is 2.61 bits per heavy atom. The van der Waals surface area contributed by atoms with Gasteiger partial charge in [-0.1, -0.05) is 33.3 Å². The standard InChI is InChI=1S/C42H51F2N5O6.C2H6/c1-3-29-32(43)8-7-25-14-27(51)15-30(34(25)29)36-35(44)37-31(18-45-36)38(48-19-28(20-50)54-22-40(2,52)21-48)47-39(46-37)55-24-42-9-4-6-33(42)49(12-5-10-42)26-16-41(17-26)11-13-53-23-41;1-2/h7-8,14-15,18,26,28,33,50-52H,3-6,9-13,16-17,19-24H2,1-2H3;1-2H3. The number of phenolic OH excluding ortho intramolecular Hbond substituents is 1. The Kier molecular flexibility index (Phi) is 11.1. The van der Waals surface area contributed by atoms with Crippen molar-refractivity contribution in [2.45, 2.75) is 109 Å². The van der Waals surface area contributed by atoms with Crippen molar-refractivity contribution in [3.8, 4) is 23.0 Å². The predicted molar refractivity (Wildman–Crippen MR) is 215 cm³/mol. The molecule has 3 N–H and O–H groups in total. The molecule has 4 aromatic rings. The van der Waals surface area contributed by atoms with Crippen LogP contribution in [0.3, 0.4) is 0 Å². The molecule has 3 saturated heterocycles. The number of likely N-dealkylation sites (tertiary alicyclic amines) is 1. The van der Waals surface area contributed by atoms with E-state index in [1.807, 2.05) is 20.8 Å². The van der Waals surface area contributed by atoms with Crippen LogP contribution >= 0.6 is 0 Å². The minimum atomic E-state index is -1.30. The van der Waals surface area contributed by atoms with Crippen LogP contribution in [0.1, 0.15) is 84.6 Å². The van der Waals surface area contributed by atoms with Gasteiger partial charge in [-0.3, -0.25) is 9.88 Å². The molecule has 2 aromatic carbocycles. The number of piperidine rings is 1. The van der Waals surface area contributed by atoms with Crippen molar-refractivity contribution < 1.29 is 38.3 Å². The summed E-state index contributed by atoms with van der Waals surface area (Å²) in [6.07, 6.45) is 10.1. The molecule has 11 nitrogen and oxygen atoms in total. The molecule has 308 valence electrons. The summed E-state index contributed by atoms with van der Waals surface area (Å²) in [5.74, 6) is -0.997. The summed E-state index contributed by atoms with van der Waals surface area (Å²) in [6, 6.07) is 6.80. The number of rotatable bonds is 8. The van der Waals surface area contributed by atoms with Crippen molar-refractivity contribution in [1.82, 2.24) is 19.9 Å². The van der Waals surface area contributed by atoms with Crippen molar-refractivity contribution in [3.63, 3.8) is 0 Å². The van der Waals surface area contributed by atoms with Gasteiger partial charge in [0.05, 0.1) is 44.5 Å². The average Bonchev–Trinajstić information content (AvgIpc) is 3.84. The van der Waals surface area contributed by atoms with Crippen molar-refractivity contribution in [2.24, 2.45) is 10.8 Å².